The molecule has 1 aliphatic carbocycles. The van der Waals surface area contributed by atoms with E-state index < -0.39 is 0 Å². The number of nitrogens with zero attached hydrogens (tertiary/aromatic N) is 1. The molecule has 0 radical (unpaired) electrons. The molecular formula is C23H26N4O. The number of rotatable bonds is 5. The van der Waals surface area contributed by atoms with E-state index in [0.717, 1.165) is 27.7 Å². The fourth-order valence-electron chi connectivity index (χ4n) is 3.78. The van der Waals surface area contributed by atoms with Crippen molar-refractivity contribution >= 4 is 28.2 Å². The van der Waals surface area contributed by atoms with E-state index in [4.69, 9.17) is 0 Å². The van der Waals surface area contributed by atoms with Crippen molar-refractivity contribution in [3.05, 3.63) is 66.5 Å². The molecular weight excluding hydrogens is 348 g/mol. The number of fused-ring (bicyclic) bond motifs is 1. The maximum Gasteiger partial charge on any atom is 0.319 e. The highest BCUT2D eigenvalue weighted by Crippen LogP contribution is 2.23. The summed E-state index contributed by atoms with van der Waals surface area (Å²) in [4.78, 5) is 16.4. The monoisotopic (exact) mass is 374 g/mol. The molecule has 3 aromatic rings. The van der Waals surface area contributed by atoms with E-state index in [0.29, 0.717) is 12.6 Å². The second-order valence-corrected chi connectivity index (χ2v) is 7.39. The van der Waals surface area contributed by atoms with E-state index in [-0.39, 0.29) is 6.03 Å². The first-order valence-corrected chi connectivity index (χ1v) is 10.0. The summed E-state index contributed by atoms with van der Waals surface area (Å²) in [5, 5.41) is 11.5. The summed E-state index contributed by atoms with van der Waals surface area (Å²) in [6, 6.07) is 16.4. The van der Waals surface area contributed by atoms with E-state index in [1.807, 2.05) is 24.3 Å². The minimum Gasteiger partial charge on any atom is -0.382 e. The third-order valence-corrected chi connectivity index (χ3v) is 5.31. The Labute approximate surface area is 165 Å². The first kappa shape index (κ1) is 18.3. The molecule has 1 fully saturated rings. The molecule has 28 heavy (non-hydrogen) atoms. The van der Waals surface area contributed by atoms with Crippen molar-refractivity contribution < 1.29 is 4.79 Å². The molecule has 0 aliphatic heterocycles. The third-order valence-electron chi connectivity index (χ3n) is 5.31. The molecule has 1 heterocycles. The highest BCUT2D eigenvalue weighted by Gasteiger charge is 2.12. The maximum absolute atomic E-state index is 12.3. The molecule has 5 nitrogen and oxygen atoms in total. The van der Waals surface area contributed by atoms with Gasteiger partial charge in [0.2, 0.25) is 0 Å². The van der Waals surface area contributed by atoms with Gasteiger partial charge in [-0.2, -0.15) is 0 Å². The number of pyridine rings is 1. The lowest BCUT2D eigenvalue weighted by molar-refractivity contribution is 0.252. The third kappa shape index (κ3) is 4.60. The Morgan fingerprint density at radius 2 is 1.82 bits per heavy atom. The van der Waals surface area contributed by atoms with Crippen LogP contribution in [-0.4, -0.2) is 17.1 Å². The second-order valence-electron chi connectivity index (χ2n) is 7.39. The summed E-state index contributed by atoms with van der Waals surface area (Å²) in [5.41, 5.74) is 3.01. The number of carbonyl (C=O) groups is 1. The molecule has 0 spiro atoms. The number of urea groups is 1. The van der Waals surface area contributed by atoms with Gasteiger partial charge < -0.3 is 16.0 Å². The first-order chi connectivity index (χ1) is 13.8. The summed E-state index contributed by atoms with van der Waals surface area (Å²) in [5.74, 6) is 0. The Balaban J connectivity index is 1.30. The Morgan fingerprint density at radius 3 is 2.64 bits per heavy atom. The van der Waals surface area contributed by atoms with E-state index in [2.05, 4.69) is 45.2 Å². The topological polar surface area (TPSA) is 66.1 Å². The molecule has 0 unspecified atom stereocenters. The summed E-state index contributed by atoms with van der Waals surface area (Å²) >= 11 is 0. The summed E-state index contributed by atoms with van der Waals surface area (Å²) in [7, 11) is 0. The van der Waals surface area contributed by atoms with Gasteiger partial charge in [-0.25, -0.2) is 4.79 Å². The number of benzene rings is 2. The van der Waals surface area contributed by atoms with Gasteiger partial charge in [-0.15, -0.1) is 0 Å². The van der Waals surface area contributed by atoms with Gasteiger partial charge in [0, 0.05) is 41.4 Å². The van der Waals surface area contributed by atoms with Crippen LogP contribution in [0.25, 0.3) is 10.8 Å². The van der Waals surface area contributed by atoms with Crippen LogP contribution in [-0.2, 0) is 6.54 Å². The van der Waals surface area contributed by atoms with Crippen LogP contribution in [0.15, 0.2) is 60.9 Å². The second kappa shape index (κ2) is 8.74. The van der Waals surface area contributed by atoms with Gasteiger partial charge in [0.15, 0.2) is 0 Å². The number of carbonyl (C=O) groups excluding carboxylic acids is 1. The van der Waals surface area contributed by atoms with E-state index >= 15 is 0 Å². The van der Waals surface area contributed by atoms with Crippen molar-refractivity contribution in [2.75, 3.05) is 10.6 Å². The highest BCUT2D eigenvalue weighted by molar-refractivity contribution is 6.01. The number of nitrogens with one attached hydrogen (secondary N) is 3. The van der Waals surface area contributed by atoms with Gasteiger partial charge >= 0.3 is 6.03 Å². The summed E-state index contributed by atoms with van der Waals surface area (Å²) in [6.45, 7) is 0.488. The molecule has 1 aliphatic rings. The highest BCUT2D eigenvalue weighted by atomic mass is 16.2. The van der Waals surface area contributed by atoms with Gasteiger partial charge in [0.25, 0.3) is 0 Å². The van der Waals surface area contributed by atoms with E-state index in [1.54, 1.807) is 12.4 Å². The van der Waals surface area contributed by atoms with Crippen LogP contribution in [0.2, 0.25) is 0 Å². The lowest BCUT2D eigenvalue weighted by Crippen LogP contribution is -2.28. The number of hydrogen-bond acceptors (Lipinski definition) is 3. The Hall–Kier alpha value is -3.08. The van der Waals surface area contributed by atoms with Crippen LogP contribution < -0.4 is 16.0 Å². The first-order valence-electron chi connectivity index (χ1n) is 10.0. The normalized spacial score (nSPS) is 14.6. The number of aromatic nitrogens is 1. The minimum atomic E-state index is -0.214. The molecule has 3 N–H and O–H groups in total. The minimum absolute atomic E-state index is 0.214. The lowest BCUT2D eigenvalue weighted by Gasteiger charge is -2.23. The van der Waals surface area contributed by atoms with Gasteiger partial charge in [-0.05, 0) is 42.7 Å². The van der Waals surface area contributed by atoms with Crippen molar-refractivity contribution in [2.24, 2.45) is 0 Å². The standard InChI is InChI=1S/C23H26N4O/c28-23(27-22-8-4-5-18-16-24-14-13-21(18)22)25-15-17-9-11-20(12-10-17)26-19-6-2-1-3-7-19/h4-5,8-14,16,19,26H,1-3,6-7,15H2,(H2,25,27,28). The Kier molecular flexibility index (Phi) is 5.71. The van der Waals surface area contributed by atoms with Gasteiger partial charge in [0.05, 0.1) is 5.69 Å². The zero-order valence-electron chi connectivity index (χ0n) is 15.9. The zero-order valence-corrected chi connectivity index (χ0v) is 15.9. The largest absolute Gasteiger partial charge is 0.382 e. The predicted octanol–water partition coefficient (Wildman–Crippen LogP) is 5.30. The molecule has 144 valence electrons. The van der Waals surface area contributed by atoms with Crippen molar-refractivity contribution in [3.8, 4) is 0 Å². The van der Waals surface area contributed by atoms with Gasteiger partial charge in [-0.3, -0.25) is 4.98 Å². The van der Waals surface area contributed by atoms with Crippen molar-refractivity contribution in [1.82, 2.24) is 10.3 Å². The number of amides is 2. The zero-order chi connectivity index (χ0) is 19.2. The summed E-state index contributed by atoms with van der Waals surface area (Å²) < 4.78 is 0. The molecule has 0 bridgehead atoms. The Morgan fingerprint density at radius 1 is 1.00 bits per heavy atom. The average Bonchev–Trinajstić information content (AvgIpc) is 2.74. The fourth-order valence-corrected chi connectivity index (χ4v) is 3.78. The predicted molar refractivity (Wildman–Crippen MR) is 115 cm³/mol. The SMILES string of the molecule is O=C(NCc1ccc(NC2CCCCC2)cc1)Nc1cccc2cnccc12. The van der Waals surface area contributed by atoms with Crippen LogP contribution in [0.5, 0.6) is 0 Å². The van der Waals surface area contributed by atoms with Gasteiger partial charge in [0.1, 0.15) is 0 Å². The van der Waals surface area contributed by atoms with Crippen LogP contribution >= 0.6 is 0 Å². The lowest BCUT2D eigenvalue weighted by atomic mass is 9.95. The van der Waals surface area contributed by atoms with Crippen LogP contribution in [0, 0.1) is 0 Å². The molecule has 2 aromatic carbocycles. The Bertz CT molecular complexity index is 927. The fraction of sp³-hybridized carbons (Fsp3) is 0.304. The van der Waals surface area contributed by atoms with Crippen LogP contribution in [0.4, 0.5) is 16.2 Å². The molecule has 0 atom stereocenters. The van der Waals surface area contributed by atoms with E-state index in [9.17, 15) is 4.79 Å². The molecule has 5 heteroatoms. The smallest absolute Gasteiger partial charge is 0.319 e. The van der Waals surface area contributed by atoms with Crippen LogP contribution in [0.1, 0.15) is 37.7 Å². The number of anilines is 2. The quantitative estimate of drug-likeness (QED) is 0.568. The molecule has 0 saturated heterocycles. The van der Waals surface area contributed by atoms with Crippen LogP contribution in [0.3, 0.4) is 0 Å². The summed E-state index contributed by atoms with van der Waals surface area (Å²) in [6.07, 6.45) is 10.0. The average molecular weight is 374 g/mol. The van der Waals surface area contributed by atoms with Crippen molar-refractivity contribution in [1.29, 1.82) is 0 Å². The molecule has 4 rings (SSSR count). The van der Waals surface area contributed by atoms with E-state index in [1.165, 1.54) is 32.1 Å². The van der Waals surface area contributed by atoms with Crippen molar-refractivity contribution in [3.63, 3.8) is 0 Å². The maximum atomic E-state index is 12.3. The number of hydrogen-bond donors (Lipinski definition) is 3. The van der Waals surface area contributed by atoms with Crippen molar-refractivity contribution in [2.45, 2.75) is 44.7 Å². The van der Waals surface area contributed by atoms with Gasteiger partial charge in [-0.1, -0.05) is 43.5 Å². The molecule has 1 aromatic heterocycles. The molecule has 1 saturated carbocycles. The molecule has 2 amide bonds.